The van der Waals surface area contributed by atoms with Crippen LogP contribution in [0.2, 0.25) is 0 Å². The van der Waals surface area contributed by atoms with Gasteiger partial charge in [0.2, 0.25) is 0 Å². The van der Waals surface area contributed by atoms with E-state index in [0.29, 0.717) is 13.1 Å². The van der Waals surface area contributed by atoms with Crippen LogP contribution in [0, 0.1) is 6.92 Å². The van der Waals surface area contributed by atoms with Crippen LogP contribution in [-0.2, 0) is 0 Å². The Kier molecular flexibility index (Phi) is 3.74. The van der Waals surface area contributed by atoms with E-state index in [1.807, 2.05) is 25.1 Å². The summed E-state index contributed by atoms with van der Waals surface area (Å²) < 4.78 is 0. The van der Waals surface area contributed by atoms with Crippen LogP contribution in [0.25, 0.3) is 11.3 Å². The van der Waals surface area contributed by atoms with E-state index in [1.165, 1.54) is 0 Å². The average molecular weight is 244 g/mol. The summed E-state index contributed by atoms with van der Waals surface area (Å²) >= 11 is 0. The van der Waals surface area contributed by atoms with Gasteiger partial charge in [-0.05, 0) is 42.8 Å². The minimum Gasteiger partial charge on any atom is -0.508 e. The molecule has 0 aliphatic heterocycles. The molecule has 2 aromatic rings. The molecule has 0 saturated carbocycles. The molecule has 0 bridgehead atoms. The fourth-order valence-electron chi connectivity index (χ4n) is 1.62. The Morgan fingerprint density at radius 3 is 2.56 bits per heavy atom. The molecule has 5 heteroatoms. The molecule has 4 N–H and O–H groups in total. The summed E-state index contributed by atoms with van der Waals surface area (Å²) in [6.45, 7) is 3.20. The molecule has 0 unspecified atom stereocenters. The van der Waals surface area contributed by atoms with E-state index < -0.39 is 0 Å². The van der Waals surface area contributed by atoms with Gasteiger partial charge in [-0.2, -0.15) is 0 Å². The first-order valence-electron chi connectivity index (χ1n) is 5.78. The summed E-state index contributed by atoms with van der Waals surface area (Å²) in [5, 5.41) is 20.6. The quantitative estimate of drug-likeness (QED) is 0.759. The molecule has 0 radical (unpaired) electrons. The van der Waals surface area contributed by atoms with Gasteiger partial charge in [-0.15, -0.1) is 10.2 Å². The van der Waals surface area contributed by atoms with Gasteiger partial charge in [0.25, 0.3) is 0 Å². The van der Waals surface area contributed by atoms with Crippen molar-refractivity contribution in [3.05, 3.63) is 35.9 Å². The summed E-state index contributed by atoms with van der Waals surface area (Å²) in [7, 11) is 0. The van der Waals surface area contributed by atoms with Crippen LogP contribution in [0.1, 0.15) is 5.56 Å². The van der Waals surface area contributed by atoms with E-state index in [2.05, 4.69) is 15.5 Å². The standard InChI is InChI=1S/C13H16N4O/c1-9-8-12(10-2-4-11(18)5-3-10)16-17-13(9)15-7-6-14/h2-5,8,18H,6-7,14H2,1H3,(H,15,17). The molecule has 1 aromatic heterocycles. The summed E-state index contributed by atoms with van der Waals surface area (Å²) in [5.74, 6) is 0.993. The SMILES string of the molecule is Cc1cc(-c2ccc(O)cc2)nnc1NCCN. The maximum Gasteiger partial charge on any atom is 0.151 e. The maximum absolute atomic E-state index is 9.24. The number of aromatic hydroxyl groups is 1. The van der Waals surface area contributed by atoms with Crippen LogP contribution in [0.15, 0.2) is 30.3 Å². The highest BCUT2D eigenvalue weighted by Gasteiger charge is 2.05. The van der Waals surface area contributed by atoms with Crippen LogP contribution >= 0.6 is 0 Å². The third-order valence-electron chi connectivity index (χ3n) is 2.58. The number of nitrogens with zero attached hydrogens (tertiary/aromatic N) is 2. The second-order valence-corrected chi connectivity index (χ2v) is 4.02. The third kappa shape index (κ3) is 2.75. The molecule has 94 valence electrons. The molecule has 5 nitrogen and oxygen atoms in total. The molecule has 18 heavy (non-hydrogen) atoms. The predicted molar refractivity (Wildman–Crippen MR) is 71.4 cm³/mol. The van der Waals surface area contributed by atoms with Gasteiger partial charge in [0.15, 0.2) is 5.82 Å². The van der Waals surface area contributed by atoms with Crippen molar-refractivity contribution in [3.63, 3.8) is 0 Å². The molecular formula is C13H16N4O. The summed E-state index contributed by atoms with van der Waals surface area (Å²) in [5.41, 5.74) is 8.15. The maximum atomic E-state index is 9.24. The lowest BCUT2D eigenvalue weighted by Gasteiger charge is -2.08. The monoisotopic (exact) mass is 244 g/mol. The van der Waals surface area contributed by atoms with Gasteiger partial charge < -0.3 is 16.2 Å². The minimum atomic E-state index is 0.240. The van der Waals surface area contributed by atoms with Crippen LogP contribution in [-0.4, -0.2) is 28.4 Å². The van der Waals surface area contributed by atoms with Gasteiger partial charge >= 0.3 is 0 Å². The van der Waals surface area contributed by atoms with Crippen molar-refractivity contribution < 1.29 is 5.11 Å². The minimum absolute atomic E-state index is 0.240. The number of aryl methyl sites for hydroxylation is 1. The Morgan fingerprint density at radius 2 is 1.94 bits per heavy atom. The lowest BCUT2D eigenvalue weighted by atomic mass is 10.1. The molecule has 0 amide bonds. The summed E-state index contributed by atoms with van der Waals surface area (Å²) in [4.78, 5) is 0. The number of rotatable bonds is 4. The Balaban J connectivity index is 2.25. The Hall–Kier alpha value is -2.14. The van der Waals surface area contributed by atoms with Gasteiger partial charge in [-0.1, -0.05) is 0 Å². The fraction of sp³-hybridized carbons (Fsp3) is 0.231. The van der Waals surface area contributed by atoms with Crippen LogP contribution in [0.3, 0.4) is 0 Å². The number of aromatic nitrogens is 2. The first kappa shape index (κ1) is 12.3. The highest BCUT2D eigenvalue weighted by atomic mass is 16.3. The molecule has 0 aliphatic carbocycles. The predicted octanol–water partition coefficient (Wildman–Crippen LogP) is 1.53. The molecule has 0 aliphatic rings. The largest absolute Gasteiger partial charge is 0.508 e. The number of hydrogen-bond acceptors (Lipinski definition) is 5. The molecule has 0 spiro atoms. The normalized spacial score (nSPS) is 10.3. The second kappa shape index (κ2) is 5.46. The molecule has 0 atom stereocenters. The van der Waals surface area contributed by atoms with Crippen molar-refractivity contribution in [3.8, 4) is 17.0 Å². The summed E-state index contributed by atoms with van der Waals surface area (Å²) in [6.07, 6.45) is 0. The number of benzene rings is 1. The van der Waals surface area contributed by atoms with Gasteiger partial charge in [0.05, 0.1) is 5.69 Å². The van der Waals surface area contributed by atoms with Crippen molar-refractivity contribution in [1.82, 2.24) is 10.2 Å². The number of phenolic OH excluding ortho intramolecular Hbond substituents is 1. The Morgan fingerprint density at radius 1 is 1.22 bits per heavy atom. The average Bonchev–Trinajstić information content (AvgIpc) is 2.38. The Labute approximate surface area is 106 Å². The van der Waals surface area contributed by atoms with Gasteiger partial charge in [0.1, 0.15) is 5.75 Å². The number of nitrogens with two attached hydrogens (primary N) is 1. The zero-order chi connectivity index (χ0) is 13.0. The van der Waals surface area contributed by atoms with Crippen LogP contribution < -0.4 is 11.1 Å². The molecule has 0 fully saturated rings. The van der Waals surface area contributed by atoms with Crippen LogP contribution in [0.5, 0.6) is 5.75 Å². The second-order valence-electron chi connectivity index (χ2n) is 4.02. The first-order valence-corrected chi connectivity index (χ1v) is 5.78. The molecule has 0 saturated heterocycles. The van der Waals surface area contributed by atoms with Gasteiger partial charge in [-0.3, -0.25) is 0 Å². The van der Waals surface area contributed by atoms with E-state index >= 15 is 0 Å². The topological polar surface area (TPSA) is 84.1 Å². The summed E-state index contributed by atoms with van der Waals surface area (Å²) in [6, 6.07) is 8.84. The third-order valence-corrected chi connectivity index (χ3v) is 2.58. The molecule has 1 aromatic carbocycles. The highest BCUT2D eigenvalue weighted by Crippen LogP contribution is 2.22. The number of nitrogens with one attached hydrogen (secondary N) is 1. The zero-order valence-electron chi connectivity index (χ0n) is 10.2. The van der Waals surface area contributed by atoms with E-state index in [-0.39, 0.29) is 5.75 Å². The van der Waals surface area contributed by atoms with Crippen molar-refractivity contribution in [2.45, 2.75) is 6.92 Å². The fourth-order valence-corrected chi connectivity index (χ4v) is 1.62. The molecule has 1 heterocycles. The molecular weight excluding hydrogens is 228 g/mol. The first-order chi connectivity index (χ1) is 8.70. The van der Waals surface area contributed by atoms with Crippen molar-refractivity contribution in [1.29, 1.82) is 0 Å². The lowest BCUT2D eigenvalue weighted by molar-refractivity contribution is 0.475. The van der Waals surface area contributed by atoms with Crippen molar-refractivity contribution in [2.75, 3.05) is 18.4 Å². The molecule has 2 rings (SSSR count). The lowest BCUT2D eigenvalue weighted by Crippen LogP contribution is -2.15. The number of phenols is 1. The van der Waals surface area contributed by atoms with Gasteiger partial charge in [0, 0.05) is 18.7 Å². The Bertz CT molecular complexity index is 525. The van der Waals surface area contributed by atoms with E-state index in [0.717, 1.165) is 22.6 Å². The van der Waals surface area contributed by atoms with E-state index in [1.54, 1.807) is 12.1 Å². The zero-order valence-corrected chi connectivity index (χ0v) is 10.2. The highest BCUT2D eigenvalue weighted by molar-refractivity contribution is 5.62. The van der Waals surface area contributed by atoms with Crippen molar-refractivity contribution >= 4 is 5.82 Å². The van der Waals surface area contributed by atoms with Crippen LogP contribution in [0.4, 0.5) is 5.82 Å². The van der Waals surface area contributed by atoms with E-state index in [9.17, 15) is 5.11 Å². The number of anilines is 1. The van der Waals surface area contributed by atoms with Crippen molar-refractivity contribution in [2.24, 2.45) is 5.73 Å². The van der Waals surface area contributed by atoms with E-state index in [4.69, 9.17) is 5.73 Å². The smallest absolute Gasteiger partial charge is 0.151 e. The van der Waals surface area contributed by atoms with Gasteiger partial charge in [-0.25, -0.2) is 0 Å². The number of hydrogen-bond donors (Lipinski definition) is 3.